The lowest BCUT2D eigenvalue weighted by Crippen LogP contribution is -2.27. The fourth-order valence-electron chi connectivity index (χ4n) is 3.30. The van der Waals surface area contributed by atoms with Gasteiger partial charge in [0.05, 0.1) is 5.92 Å². The zero-order chi connectivity index (χ0) is 14.6. The van der Waals surface area contributed by atoms with Crippen LogP contribution in [0.4, 0.5) is 0 Å². The average molecular weight is 290 g/mol. The number of nitrogens with one attached hydrogen (secondary N) is 1. The minimum Gasteiger partial charge on any atom is -0.481 e. The van der Waals surface area contributed by atoms with Gasteiger partial charge in [0.15, 0.2) is 11.6 Å². The number of carbonyl (C=O) groups excluding carboxylic acids is 1. The van der Waals surface area contributed by atoms with E-state index in [-0.39, 0.29) is 23.8 Å². The molecule has 1 aromatic rings. The molecule has 4 atom stereocenters. The molecular formula is C15H18N2O4. The van der Waals surface area contributed by atoms with Gasteiger partial charge in [-0.05, 0) is 37.5 Å². The third kappa shape index (κ3) is 2.32. The predicted molar refractivity (Wildman–Crippen MR) is 71.7 cm³/mol. The number of oxazole rings is 1. The number of rotatable bonds is 5. The number of nitrogens with zero attached hydrogens (tertiary/aromatic N) is 1. The van der Waals surface area contributed by atoms with Crippen molar-refractivity contribution >= 4 is 11.9 Å². The Bertz CT molecular complexity index is 592. The second kappa shape index (κ2) is 4.58. The molecule has 4 rings (SSSR count). The molecule has 1 heterocycles. The van der Waals surface area contributed by atoms with Gasteiger partial charge in [0.2, 0.25) is 0 Å². The van der Waals surface area contributed by atoms with Crippen LogP contribution in [0.1, 0.15) is 54.4 Å². The fraction of sp³-hybridized carbons (Fsp3) is 0.667. The molecule has 3 aliphatic carbocycles. The van der Waals surface area contributed by atoms with Crippen molar-refractivity contribution in [2.24, 2.45) is 17.8 Å². The van der Waals surface area contributed by atoms with E-state index in [1.165, 1.54) is 12.7 Å². The fourth-order valence-corrected chi connectivity index (χ4v) is 3.30. The number of hydrogen-bond acceptors (Lipinski definition) is 4. The summed E-state index contributed by atoms with van der Waals surface area (Å²) in [5.41, 5.74) is 0.341. The van der Waals surface area contributed by atoms with Crippen molar-refractivity contribution in [3.63, 3.8) is 0 Å². The maximum absolute atomic E-state index is 12.1. The van der Waals surface area contributed by atoms with Gasteiger partial charge in [-0.1, -0.05) is 6.42 Å². The molecule has 6 heteroatoms. The highest BCUT2D eigenvalue weighted by Gasteiger charge is 2.56. The first-order valence-electron chi connectivity index (χ1n) is 7.62. The summed E-state index contributed by atoms with van der Waals surface area (Å²) in [5.74, 6) is 0.510. The van der Waals surface area contributed by atoms with Crippen molar-refractivity contribution in [3.05, 3.63) is 17.8 Å². The molecule has 3 fully saturated rings. The summed E-state index contributed by atoms with van der Waals surface area (Å²) in [6, 6.07) is 0.107. The van der Waals surface area contributed by atoms with Gasteiger partial charge in [-0.15, -0.1) is 0 Å². The van der Waals surface area contributed by atoms with Crippen molar-refractivity contribution in [3.8, 4) is 0 Å². The van der Waals surface area contributed by atoms with Crippen LogP contribution in [0.15, 0.2) is 10.7 Å². The van der Waals surface area contributed by atoms with Crippen LogP contribution in [0, 0.1) is 17.8 Å². The number of carboxylic acid groups (broad SMARTS) is 1. The summed E-state index contributed by atoms with van der Waals surface area (Å²) in [7, 11) is 0. The van der Waals surface area contributed by atoms with Crippen molar-refractivity contribution in [2.45, 2.75) is 44.1 Å². The Balaban J connectivity index is 1.31. The number of carboxylic acids is 1. The monoisotopic (exact) mass is 290 g/mol. The van der Waals surface area contributed by atoms with Crippen molar-refractivity contribution in [1.82, 2.24) is 10.3 Å². The van der Waals surface area contributed by atoms with Gasteiger partial charge >= 0.3 is 5.97 Å². The Labute approximate surface area is 121 Å². The lowest BCUT2D eigenvalue weighted by atomic mass is 9.85. The summed E-state index contributed by atoms with van der Waals surface area (Å²) >= 11 is 0. The molecule has 6 nitrogen and oxygen atoms in total. The van der Waals surface area contributed by atoms with Crippen molar-refractivity contribution in [2.75, 3.05) is 0 Å². The Morgan fingerprint density at radius 3 is 2.71 bits per heavy atom. The molecule has 1 amide bonds. The first-order valence-corrected chi connectivity index (χ1v) is 7.62. The molecule has 1 aromatic heterocycles. The van der Waals surface area contributed by atoms with Crippen molar-refractivity contribution in [1.29, 1.82) is 0 Å². The lowest BCUT2D eigenvalue weighted by Gasteiger charge is -2.21. The largest absolute Gasteiger partial charge is 0.481 e. The maximum Gasteiger partial charge on any atom is 0.306 e. The second-order valence-electron chi connectivity index (χ2n) is 6.52. The molecular weight excluding hydrogens is 272 g/mol. The van der Waals surface area contributed by atoms with Gasteiger partial charge in [0, 0.05) is 12.0 Å². The summed E-state index contributed by atoms with van der Waals surface area (Å²) in [5, 5.41) is 11.9. The van der Waals surface area contributed by atoms with Crippen LogP contribution in [-0.4, -0.2) is 28.0 Å². The first kappa shape index (κ1) is 12.9. The molecule has 0 spiro atoms. The second-order valence-corrected chi connectivity index (χ2v) is 6.52. The SMILES string of the molecule is O=C(N[C@H]1C[C@H]1[C@H]1C[C@H]1C(=O)O)c1coc(C2CCC2)n1. The summed E-state index contributed by atoms with van der Waals surface area (Å²) in [4.78, 5) is 27.2. The summed E-state index contributed by atoms with van der Waals surface area (Å²) in [6.07, 6.45) is 6.44. The van der Waals surface area contributed by atoms with E-state index >= 15 is 0 Å². The highest BCUT2D eigenvalue weighted by atomic mass is 16.4. The number of amides is 1. The van der Waals surface area contributed by atoms with Gasteiger partial charge in [-0.25, -0.2) is 4.98 Å². The van der Waals surface area contributed by atoms with Crippen LogP contribution in [0.3, 0.4) is 0 Å². The van der Waals surface area contributed by atoms with Gasteiger partial charge in [-0.2, -0.15) is 0 Å². The van der Waals surface area contributed by atoms with E-state index in [1.54, 1.807) is 0 Å². The van der Waals surface area contributed by atoms with Crippen LogP contribution in [0.25, 0.3) is 0 Å². The third-order valence-corrected chi connectivity index (χ3v) is 5.07. The van der Waals surface area contributed by atoms with E-state index in [1.807, 2.05) is 0 Å². The molecule has 112 valence electrons. The van der Waals surface area contributed by atoms with Crippen LogP contribution in [0.2, 0.25) is 0 Å². The highest BCUT2D eigenvalue weighted by Crippen LogP contribution is 2.54. The Kier molecular flexibility index (Phi) is 2.80. The number of carbonyl (C=O) groups is 2. The normalized spacial score (nSPS) is 34.1. The standard InChI is InChI=1S/C15H18N2O4/c18-13(12-6-21-14(17-12)7-2-1-3-7)16-11-5-9(11)8-4-10(8)15(19)20/h6-11H,1-5H2,(H,16,18)(H,19,20)/t8-,9+,10-,11+/m1/s1. The van der Waals surface area contributed by atoms with Gasteiger partial charge in [0.1, 0.15) is 6.26 Å². The molecule has 21 heavy (non-hydrogen) atoms. The van der Waals surface area contributed by atoms with E-state index in [0.717, 1.165) is 25.7 Å². The zero-order valence-corrected chi connectivity index (χ0v) is 11.6. The Morgan fingerprint density at radius 1 is 1.29 bits per heavy atom. The molecule has 0 aliphatic heterocycles. The van der Waals surface area contributed by atoms with Gasteiger partial charge in [-0.3, -0.25) is 9.59 Å². The van der Waals surface area contributed by atoms with E-state index in [9.17, 15) is 9.59 Å². The minimum absolute atomic E-state index is 0.107. The zero-order valence-electron chi connectivity index (χ0n) is 11.6. The van der Waals surface area contributed by atoms with E-state index < -0.39 is 5.97 Å². The maximum atomic E-state index is 12.1. The molecule has 0 aromatic carbocycles. The summed E-state index contributed by atoms with van der Waals surface area (Å²) < 4.78 is 5.38. The molecule has 3 aliphatic rings. The minimum atomic E-state index is -0.710. The first-order chi connectivity index (χ1) is 10.1. The Morgan fingerprint density at radius 2 is 2.10 bits per heavy atom. The molecule has 0 radical (unpaired) electrons. The molecule has 3 saturated carbocycles. The highest BCUT2D eigenvalue weighted by molar-refractivity contribution is 5.92. The lowest BCUT2D eigenvalue weighted by molar-refractivity contribution is -0.138. The quantitative estimate of drug-likeness (QED) is 0.862. The summed E-state index contributed by atoms with van der Waals surface area (Å²) in [6.45, 7) is 0. The third-order valence-electron chi connectivity index (χ3n) is 5.07. The molecule has 2 N–H and O–H groups in total. The van der Waals surface area contributed by atoms with Crippen LogP contribution >= 0.6 is 0 Å². The average Bonchev–Trinajstić information content (AvgIpc) is 3.25. The predicted octanol–water partition coefficient (Wildman–Crippen LogP) is 1.78. The Hall–Kier alpha value is -1.85. The molecule has 0 unspecified atom stereocenters. The molecule has 0 bridgehead atoms. The smallest absolute Gasteiger partial charge is 0.306 e. The number of aliphatic carboxylic acids is 1. The van der Waals surface area contributed by atoms with Crippen LogP contribution < -0.4 is 5.32 Å². The van der Waals surface area contributed by atoms with Crippen LogP contribution in [-0.2, 0) is 4.79 Å². The van der Waals surface area contributed by atoms with E-state index in [4.69, 9.17) is 9.52 Å². The number of hydrogen-bond donors (Lipinski definition) is 2. The molecule has 0 saturated heterocycles. The van der Waals surface area contributed by atoms with E-state index in [0.29, 0.717) is 23.4 Å². The van der Waals surface area contributed by atoms with Gasteiger partial charge in [0.25, 0.3) is 5.91 Å². The van der Waals surface area contributed by atoms with Crippen LogP contribution in [0.5, 0.6) is 0 Å². The number of aromatic nitrogens is 1. The van der Waals surface area contributed by atoms with Gasteiger partial charge < -0.3 is 14.8 Å². The van der Waals surface area contributed by atoms with E-state index in [2.05, 4.69) is 10.3 Å². The topological polar surface area (TPSA) is 92.4 Å². The van der Waals surface area contributed by atoms with Crippen molar-refractivity contribution < 1.29 is 19.1 Å².